The summed E-state index contributed by atoms with van der Waals surface area (Å²) < 4.78 is 18.3. The molecule has 2 heterocycles. The van der Waals surface area contributed by atoms with Gasteiger partial charge in [-0.2, -0.15) is 0 Å². The SMILES string of the molecule is C[C@H]1CC(N(N)c2ncc(F)cn2)=C(N)CN1C(=O)OC(C)(C)C. The standard InChI is InChI=1S/C15H23FN6O2/c1-9-5-12(22(18)13-19-6-10(16)7-20-13)11(17)8-21(9)14(23)24-15(2,3)4/h6-7,9H,5,8,17-18H2,1-4H3/t9-/m0/s1. The molecule has 0 spiro atoms. The van der Waals surface area contributed by atoms with Crippen molar-refractivity contribution in [2.45, 2.75) is 45.8 Å². The Labute approximate surface area is 140 Å². The maximum atomic E-state index is 12.9. The summed E-state index contributed by atoms with van der Waals surface area (Å²) in [6.07, 6.45) is 2.03. The molecule has 24 heavy (non-hydrogen) atoms. The van der Waals surface area contributed by atoms with Crippen molar-refractivity contribution in [3.63, 3.8) is 0 Å². The molecule has 132 valence electrons. The van der Waals surface area contributed by atoms with Crippen LogP contribution in [0.5, 0.6) is 0 Å². The molecule has 9 heteroatoms. The number of hydrogen-bond acceptors (Lipinski definition) is 7. The lowest BCUT2D eigenvalue weighted by molar-refractivity contribution is 0.0181. The van der Waals surface area contributed by atoms with Gasteiger partial charge >= 0.3 is 6.09 Å². The minimum absolute atomic E-state index is 0.132. The summed E-state index contributed by atoms with van der Waals surface area (Å²) in [4.78, 5) is 21.5. The number of carbonyl (C=O) groups excluding carboxylic acids is 1. The lowest BCUT2D eigenvalue weighted by atomic mass is 10.0. The van der Waals surface area contributed by atoms with Crippen LogP contribution in [0.4, 0.5) is 15.1 Å². The van der Waals surface area contributed by atoms with Gasteiger partial charge in [-0.25, -0.2) is 30.0 Å². The number of ether oxygens (including phenoxy) is 1. The van der Waals surface area contributed by atoms with Gasteiger partial charge in [0.05, 0.1) is 24.6 Å². The number of hydrogen-bond donors (Lipinski definition) is 2. The quantitative estimate of drug-likeness (QED) is 0.621. The normalized spacial score (nSPS) is 18.6. The van der Waals surface area contributed by atoms with E-state index in [1.54, 1.807) is 25.7 Å². The number of hydrazine groups is 1. The average molecular weight is 338 g/mol. The first-order valence-corrected chi connectivity index (χ1v) is 7.58. The summed E-state index contributed by atoms with van der Waals surface area (Å²) >= 11 is 0. The van der Waals surface area contributed by atoms with E-state index in [2.05, 4.69) is 9.97 Å². The number of rotatable bonds is 2. The van der Waals surface area contributed by atoms with Gasteiger partial charge in [-0.1, -0.05) is 0 Å². The van der Waals surface area contributed by atoms with Crippen molar-refractivity contribution in [1.82, 2.24) is 14.9 Å². The molecule has 1 aromatic rings. The highest BCUT2D eigenvalue weighted by atomic mass is 19.1. The third-order valence-corrected chi connectivity index (χ3v) is 3.47. The van der Waals surface area contributed by atoms with E-state index in [4.69, 9.17) is 16.3 Å². The zero-order valence-corrected chi connectivity index (χ0v) is 14.3. The molecule has 0 fully saturated rings. The van der Waals surface area contributed by atoms with E-state index in [0.717, 1.165) is 12.4 Å². The minimum atomic E-state index is -0.586. The number of amides is 1. The van der Waals surface area contributed by atoms with Crippen molar-refractivity contribution in [3.8, 4) is 0 Å². The Kier molecular flexibility index (Phi) is 4.93. The fourth-order valence-electron chi connectivity index (χ4n) is 2.32. The second-order valence-corrected chi connectivity index (χ2v) is 6.70. The predicted molar refractivity (Wildman–Crippen MR) is 86.9 cm³/mol. The van der Waals surface area contributed by atoms with E-state index in [0.29, 0.717) is 17.8 Å². The Morgan fingerprint density at radius 1 is 1.42 bits per heavy atom. The van der Waals surface area contributed by atoms with Crippen molar-refractivity contribution in [3.05, 3.63) is 29.6 Å². The summed E-state index contributed by atoms with van der Waals surface area (Å²) in [7, 11) is 0. The van der Waals surface area contributed by atoms with Crippen molar-refractivity contribution in [2.24, 2.45) is 11.6 Å². The molecule has 0 aliphatic carbocycles. The Morgan fingerprint density at radius 3 is 2.54 bits per heavy atom. The van der Waals surface area contributed by atoms with Gasteiger partial charge in [0.2, 0.25) is 5.95 Å². The smallest absolute Gasteiger partial charge is 0.410 e. The number of halogens is 1. The Bertz CT molecular complexity index is 640. The molecule has 1 amide bonds. The van der Waals surface area contributed by atoms with E-state index >= 15 is 0 Å². The molecule has 1 aromatic heterocycles. The highest BCUT2D eigenvalue weighted by molar-refractivity contribution is 5.69. The van der Waals surface area contributed by atoms with E-state index in [1.165, 1.54) is 5.01 Å². The fourth-order valence-corrected chi connectivity index (χ4v) is 2.32. The fraction of sp³-hybridized carbons (Fsp3) is 0.533. The molecule has 1 atom stereocenters. The lowest BCUT2D eigenvalue weighted by Gasteiger charge is -2.37. The first-order chi connectivity index (χ1) is 11.1. The van der Waals surface area contributed by atoms with Gasteiger partial charge < -0.3 is 10.5 Å². The van der Waals surface area contributed by atoms with Gasteiger partial charge in [0, 0.05) is 18.2 Å². The molecule has 0 saturated carbocycles. The molecule has 0 radical (unpaired) electrons. The van der Waals surface area contributed by atoms with Gasteiger partial charge in [0.25, 0.3) is 0 Å². The van der Waals surface area contributed by atoms with Crippen LogP contribution in [0.25, 0.3) is 0 Å². The van der Waals surface area contributed by atoms with Crippen molar-refractivity contribution >= 4 is 12.0 Å². The molecular weight excluding hydrogens is 315 g/mol. The summed E-state index contributed by atoms with van der Waals surface area (Å²) in [6, 6.07) is -0.173. The second-order valence-electron chi connectivity index (χ2n) is 6.70. The van der Waals surface area contributed by atoms with Gasteiger partial charge in [-0.3, -0.25) is 4.90 Å². The number of aromatic nitrogens is 2. The van der Waals surface area contributed by atoms with Crippen LogP contribution >= 0.6 is 0 Å². The molecular formula is C15H23FN6O2. The number of nitrogens with zero attached hydrogens (tertiary/aromatic N) is 4. The molecule has 0 bridgehead atoms. The third-order valence-electron chi connectivity index (χ3n) is 3.47. The highest BCUT2D eigenvalue weighted by Crippen LogP contribution is 2.25. The molecule has 0 aromatic carbocycles. The molecule has 8 nitrogen and oxygen atoms in total. The van der Waals surface area contributed by atoms with Crippen LogP contribution in [0.15, 0.2) is 23.8 Å². The summed E-state index contributed by atoms with van der Waals surface area (Å²) in [5, 5.41) is 1.22. The highest BCUT2D eigenvalue weighted by Gasteiger charge is 2.33. The summed E-state index contributed by atoms with van der Waals surface area (Å²) in [5.41, 5.74) is 6.50. The maximum absolute atomic E-state index is 12.9. The first-order valence-electron chi connectivity index (χ1n) is 7.58. The average Bonchev–Trinajstić information content (AvgIpc) is 2.47. The van der Waals surface area contributed by atoms with Crippen molar-refractivity contribution < 1.29 is 13.9 Å². The third kappa shape index (κ3) is 4.10. The van der Waals surface area contributed by atoms with Gasteiger partial charge in [0.15, 0.2) is 5.82 Å². The van der Waals surface area contributed by atoms with Crippen LogP contribution in [0.2, 0.25) is 0 Å². The zero-order chi connectivity index (χ0) is 18.1. The van der Waals surface area contributed by atoms with Crippen LogP contribution in [0.3, 0.4) is 0 Å². The minimum Gasteiger partial charge on any atom is -0.444 e. The lowest BCUT2D eigenvalue weighted by Crippen LogP contribution is -2.50. The van der Waals surface area contributed by atoms with Crippen LogP contribution < -0.4 is 16.6 Å². The van der Waals surface area contributed by atoms with E-state index in [1.807, 2.05) is 6.92 Å². The Morgan fingerprint density at radius 2 is 2.00 bits per heavy atom. The molecule has 1 aliphatic rings. The molecule has 0 saturated heterocycles. The number of carbonyl (C=O) groups is 1. The van der Waals surface area contributed by atoms with Gasteiger partial charge in [0.1, 0.15) is 5.60 Å². The molecule has 0 unspecified atom stereocenters. The van der Waals surface area contributed by atoms with Crippen LogP contribution in [0.1, 0.15) is 34.1 Å². The summed E-state index contributed by atoms with van der Waals surface area (Å²) in [6.45, 7) is 7.46. The van der Waals surface area contributed by atoms with Gasteiger partial charge in [-0.05, 0) is 27.7 Å². The van der Waals surface area contributed by atoms with E-state index in [9.17, 15) is 9.18 Å². The zero-order valence-electron chi connectivity index (χ0n) is 14.3. The predicted octanol–water partition coefficient (Wildman–Crippen LogP) is 1.50. The Hall–Kier alpha value is -2.42. The van der Waals surface area contributed by atoms with Crippen LogP contribution in [0, 0.1) is 5.82 Å². The molecule has 1 aliphatic heterocycles. The van der Waals surface area contributed by atoms with Crippen molar-refractivity contribution in [1.29, 1.82) is 0 Å². The first kappa shape index (κ1) is 17.9. The largest absolute Gasteiger partial charge is 0.444 e. The summed E-state index contributed by atoms with van der Waals surface area (Å²) in [5.74, 6) is 5.59. The van der Waals surface area contributed by atoms with Crippen LogP contribution in [-0.4, -0.2) is 39.1 Å². The maximum Gasteiger partial charge on any atom is 0.410 e. The topological polar surface area (TPSA) is 111 Å². The van der Waals surface area contributed by atoms with Gasteiger partial charge in [-0.15, -0.1) is 0 Å². The van der Waals surface area contributed by atoms with E-state index in [-0.39, 0.29) is 18.5 Å². The number of anilines is 1. The molecule has 2 rings (SSSR count). The Balaban J connectivity index is 2.18. The monoisotopic (exact) mass is 338 g/mol. The molecule has 4 N–H and O–H groups in total. The number of nitrogens with two attached hydrogens (primary N) is 2. The van der Waals surface area contributed by atoms with E-state index < -0.39 is 17.5 Å². The van der Waals surface area contributed by atoms with Crippen LogP contribution in [-0.2, 0) is 4.74 Å². The van der Waals surface area contributed by atoms with Crippen molar-refractivity contribution in [2.75, 3.05) is 11.6 Å². The second kappa shape index (κ2) is 6.60.